The molecule has 0 unspecified atom stereocenters. The molecule has 2 rings (SSSR count). The van der Waals surface area contributed by atoms with Crippen molar-refractivity contribution in [2.24, 2.45) is 0 Å². The van der Waals surface area contributed by atoms with Crippen LogP contribution in [-0.4, -0.2) is 39.1 Å². The number of nitrogens with one attached hydrogen (secondary N) is 2. The van der Waals surface area contributed by atoms with Gasteiger partial charge in [0.1, 0.15) is 5.82 Å². The van der Waals surface area contributed by atoms with E-state index >= 15 is 0 Å². The number of hydrogen-bond donors (Lipinski definition) is 2. The van der Waals surface area contributed by atoms with E-state index in [1.807, 2.05) is 13.8 Å². The maximum Gasteiger partial charge on any atom is 0.253 e. The Morgan fingerprint density at radius 1 is 1.07 bits per heavy atom. The van der Waals surface area contributed by atoms with Crippen LogP contribution in [0, 0.1) is 5.82 Å². The van der Waals surface area contributed by atoms with Gasteiger partial charge in [-0.15, -0.1) is 0 Å². The maximum atomic E-state index is 14.0. The van der Waals surface area contributed by atoms with E-state index in [-0.39, 0.29) is 42.9 Å². The normalized spacial score (nSPS) is 11.2. The van der Waals surface area contributed by atoms with Crippen LogP contribution in [0.5, 0.6) is 0 Å². The molecule has 30 heavy (non-hydrogen) atoms. The Morgan fingerprint density at radius 3 is 2.33 bits per heavy atom. The second kappa shape index (κ2) is 10.2. The number of benzene rings is 2. The zero-order valence-electron chi connectivity index (χ0n) is 17.2. The molecule has 7 nitrogen and oxygen atoms in total. The molecule has 0 saturated carbocycles. The number of carbonyl (C=O) groups excluding carboxylic acids is 2. The molecule has 0 aliphatic heterocycles. The number of rotatable bonds is 9. The summed E-state index contributed by atoms with van der Waals surface area (Å²) in [5.74, 6) is -1.33. The van der Waals surface area contributed by atoms with Crippen LogP contribution >= 0.6 is 0 Å². The lowest BCUT2D eigenvalue weighted by Gasteiger charge is -2.22. The minimum absolute atomic E-state index is 0.000602. The smallest absolute Gasteiger partial charge is 0.253 e. The standard InChI is InChI=1S/C21H26FN3O4S/c1-15(2)23-21(27)16-9-4-6-11-18(16)24-20(26)13-8-14-25(30(3,28)29)19-12-7-5-10-17(19)22/h4-7,9-12,15H,8,13-14H2,1-3H3,(H,23,27)(H,24,26). The van der Waals surface area contributed by atoms with Gasteiger partial charge in [0, 0.05) is 19.0 Å². The van der Waals surface area contributed by atoms with Gasteiger partial charge in [-0.2, -0.15) is 0 Å². The molecule has 2 N–H and O–H groups in total. The lowest BCUT2D eigenvalue weighted by atomic mass is 10.1. The molecule has 0 fully saturated rings. The molecule has 0 spiro atoms. The molecule has 0 bridgehead atoms. The Balaban J connectivity index is 2.03. The quantitative estimate of drug-likeness (QED) is 0.633. The third kappa shape index (κ3) is 6.55. The average Bonchev–Trinajstić information content (AvgIpc) is 2.65. The molecule has 2 amide bonds. The topological polar surface area (TPSA) is 95.6 Å². The SMILES string of the molecule is CC(C)NC(=O)c1ccccc1NC(=O)CCCN(c1ccccc1F)S(C)(=O)=O. The highest BCUT2D eigenvalue weighted by Crippen LogP contribution is 2.22. The maximum absolute atomic E-state index is 14.0. The molecule has 9 heteroatoms. The number of carbonyl (C=O) groups is 2. The van der Waals surface area contributed by atoms with Crippen molar-refractivity contribution in [3.8, 4) is 0 Å². The summed E-state index contributed by atoms with van der Waals surface area (Å²) in [6.45, 7) is 3.62. The Morgan fingerprint density at radius 2 is 1.70 bits per heavy atom. The summed E-state index contributed by atoms with van der Waals surface area (Å²) >= 11 is 0. The lowest BCUT2D eigenvalue weighted by Crippen LogP contribution is -2.32. The van der Waals surface area contributed by atoms with E-state index in [1.54, 1.807) is 30.3 Å². The summed E-state index contributed by atoms with van der Waals surface area (Å²) in [4.78, 5) is 24.6. The summed E-state index contributed by atoms with van der Waals surface area (Å²) < 4.78 is 39.1. The van der Waals surface area contributed by atoms with Gasteiger partial charge in [0.05, 0.1) is 23.2 Å². The van der Waals surface area contributed by atoms with Gasteiger partial charge in [0.15, 0.2) is 0 Å². The first-order valence-electron chi connectivity index (χ1n) is 9.51. The van der Waals surface area contributed by atoms with Gasteiger partial charge in [-0.05, 0) is 44.5 Å². The van der Waals surface area contributed by atoms with Crippen LogP contribution in [0.25, 0.3) is 0 Å². The van der Waals surface area contributed by atoms with Crippen molar-refractivity contribution in [2.75, 3.05) is 22.4 Å². The first-order valence-corrected chi connectivity index (χ1v) is 11.4. The van der Waals surface area contributed by atoms with Crippen LogP contribution in [0.1, 0.15) is 37.0 Å². The first kappa shape index (κ1) is 23.3. The molecule has 0 atom stereocenters. The summed E-state index contributed by atoms with van der Waals surface area (Å²) in [7, 11) is -3.72. The number of anilines is 2. The van der Waals surface area contributed by atoms with Crippen molar-refractivity contribution in [1.29, 1.82) is 0 Å². The van der Waals surface area contributed by atoms with Crippen LogP contribution in [0.3, 0.4) is 0 Å². The number of para-hydroxylation sites is 2. The fraction of sp³-hybridized carbons (Fsp3) is 0.333. The summed E-state index contributed by atoms with van der Waals surface area (Å²) in [5.41, 5.74) is 0.648. The monoisotopic (exact) mass is 435 g/mol. The fourth-order valence-electron chi connectivity index (χ4n) is 2.84. The predicted octanol–water partition coefficient (Wildman–Crippen LogP) is 3.15. The highest BCUT2D eigenvalue weighted by atomic mass is 32.2. The Kier molecular flexibility index (Phi) is 7.93. The van der Waals surface area contributed by atoms with Crippen LogP contribution in [0.15, 0.2) is 48.5 Å². The zero-order chi connectivity index (χ0) is 22.3. The zero-order valence-corrected chi connectivity index (χ0v) is 18.0. The molecule has 0 aliphatic carbocycles. The Bertz CT molecular complexity index is 1010. The predicted molar refractivity (Wildman–Crippen MR) is 115 cm³/mol. The Hall–Kier alpha value is -2.94. The van der Waals surface area contributed by atoms with Crippen molar-refractivity contribution < 1.29 is 22.4 Å². The van der Waals surface area contributed by atoms with Crippen LogP contribution < -0.4 is 14.9 Å². The van der Waals surface area contributed by atoms with Gasteiger partial charge in [-0.1, -0.05) is 24.3 Å². The second-order valence-corrected chi connectivity index (χ2v) is 9.02. The second-order valence-electron chi connectivity index (χ2n) is 7.11. The molecule has 0 saturated heterocycles. The van der Waals surface area contributed by atoms with Crippen LogP contribution in [-0.2, 0) is 14.8 Å². The number of amides is 2. The highest BCUT2D eigenvalue weighted by molar-refractivity contribution is 7.92. The van der Waals surface area contributed by atoms with Crippen molar-refractivity contribution in [1.82, 2.24) is 5.32 Å². The summed E-state index contributed by atoms with van der Waals surface area (Å²) in [6.07, 6.45) is 1.16. The van der Waals surface area contributed by atoms with Crippen molar-refractivity contribution in [2.45, 2.75) is 32.7 Å². The van der Waals surface area contributed by atoms with E-state index in [9.17, 15) is 22.4 Å². The van der Waals surface area contributed by atoms with Gasteiger partial charge >= 0.3 is 0 Å². The van der Waals surface area contributed by atoms with Crippen LogP contribution in [0.4, 0.5) is 15.8 Å². The molecule has 162 valence electrons. The third-order valence-electron chi connectivity index (χ3n) is 4.15. The van der Waals surface area contributed by atoms with E-state index in [0.717, 1.165) is 10.6 Å². The van der Waals surface area contributed by atoms with E-state index < -0.39 is 15.8 Å². The Labute approximate surface area is 176 Å². The molecule has 0 aliphatic rings. The largest absolute Gasteiger partial charge is 0.350 e. The highest BCUT2D eigenvalue weighted by Gasteiger charge is 2.21. The lowest BCUT2D eigenvalue weighted by molar-refractivity contribution is -0.116. The fourth-order valence-corrected chi connectivity index (χ4v) is 3.81. The minimum Gasteiger partial charge on any atom is -0.350 e. The summed E-state index contributed by atoms with van der Waals surface area (Å²) in [5, 5.41) is 5.46. The molecule has 2 aromatic carbocycles. The van der Waals surface area contributed by atoms with Gasteiger partial charge in [0.2, 0.25) is 15.9 Å². The van der Waals surface area contributed by atoms with Crippen LogP contribution in [0.2, 0.25) is 0 Å². The number of sulfonamides is 1. The van der Waals surface area contributed by atoms with Gasteiger partial charge < -0.3 is 10.6 Å². The first-order chi connectivity index (χ1) is 14.1. The molecule has 0 aromatic heterocycles. The number of nitrogens with zero attached hydrogens (tertiary/aromatic N) is 1. The van der Waals surface area contributed by atoms with Crippen molar-refractivity contribution in [3.63, 3.8) is 0 Å². The molecule has 0 radical (unpaired) electrons. The number of halogens is 1. The van der Waals surface area contributed by atoms with E-state index in [0.29, 0.717) is 11.3 Å². The van der Waals surface area contributed by atoms with Crippen molar-refractivity contribution >= 4 is 33.2 Å². The van der Waals surface area contributed by atoms with E-state index in [2.05, 4.69) is 10.6 Å². The van der Waals surface area contributed by atoms with Gasteiger partial charge in [-0.3, -0.25) is 13.9 Å². The molecular weight excluding hydrogens is 409 g/mol. The molecular formula is C21H26FN3O4S. The molecule has 2 aromatic rings. The molecule has 0 heterocycles. The average molecular weight is 436 g/mol. The van der Waals surface area contributed by atoms with Gasteiger partial charge in [-0.25, -0.2) is 12.8 Å². The third-order valence-corrected chi connectivity index (χ3v) is 5.33. The van der Waals surface area contributed by atoms with Crippen molar-refractivity contribution in [3.05, 3.63) is 59.9 Å². The summed E-state index contributed by atoms with van der Waals surface area (Å²) in [6, 6.07) is 12.1. The van der Waals surface area contributed by atoms with Gasteiger partial charge in [0.25, 0.3) is 5.91 Å². The van der Waals surface area contributed by atoms with E-state index in [4.69, 9.17) is 0 Å². The number of hydrogen-bond acceptors (Lipinski definition) is 4. The minimum atomic E-state index is -3.72. The van der Waals surface area contributed by atoms with E-state index in [1.165, 1.54) is 18.2 Å².